The molecule has 3 aliphatic rings. The van der Waals surface area contributed by atoms with E-state index in [0.717, 1.165) is 24.3 Å². The first-order chi connectivity index (χ1) is 25.2. The molecule has 4 heterocycles. The maximum absolute atomic E-state index is 14.3. The molecule has 3 N–H and O–H groups in total. The van der Waals surface area contributed by atoms with Crippen molar-refractivity contribution in [3.63, 3.8) is 0 Å². The molecule has 14 nitrogen and oxygen atoms in total. The van der Waals surface area contributed by atoms with Gasteiger partial charge in [0.1, 0.15) is 5.54 Å². The number of hydrogen-bond acceptors (Lipinski definition) is 10. The van der Waals surface area contributed by atoms with Crippen LogP contribution in [0.2, 0.25) is 0 Å². The summed E-state index contributed by atoms with van der Waals surface area (Å²) in [7, 11) is 0. The number of nitrogens with one attached hydrogen (secondary N) is 1. The number of aromatic nitrogens is 3. The molecule has 52 heavy (non-hydrogen) atoms. The van der Waals surface area contributed by atoms with Crippen LogP contribution in [-0.4, -0.2) is 73.8 Å². The number of aliphatic hydroxyl groups excluding tert-OH is 1. The summed E-state index contributed by atoms with van der Waals surface area (Å²) in [5.74, 6) is -1.28. The van der Waals surface area contributed by atoms with E-state index >= 15 is 0 Å². The molecule has 2 atom stereocenters. The zero-order valence-corrected chi connectivity index (χ0v) is 29.0. The zero-order chi connectivity index (χ0) is 36.5. The number of aliphatic hydroxyl groups is 2. The summed E-state index contributed by atoms with van der Waals surface area (Å²) in [5, 5.41) is 44.6. The number of allylic oxidation sites excluding steroid dienone is 1. The van der Waals surface area contributed by atoms with Crippen molar-refractivity contribution >= 4 is 34.6 Å². The summed E-state index contributed by atoms with van der Waals surface area (Å²) in [6.45, 7) is 4.13. The van der Waals surface area contributed by atoms with Gasteiger partial charge in [-0.05, 0) is 68.2 Å². The molecule has 3 aromatic carbocycles. The molecule has 0 bridgehead atoms. The summed E-state index contributed by atoms with van der Waals surface area (Å²) in [6, 6.07) is 21.6. The number of carbonyl (C=O) groups is 2. The van der Waals surface area contributed by atoms with Gasteiger partial charge in [0, 0.05) is 60.8 Å². The molecule has 14 heteroatoms. The Labute approximate surface area is 301 Å². The smallest absolute Gasteiger partial charge is 0.269 e. The predicted molar refractivity (Wildman–Crippen MR) is 194 cm³/mol. The molecule has 2 saturated heterocycles. The van der Waals surface area contributed by atoms with Crippen molar-refractivity contribution in [2.24, 2.45) is 5.92 Å². The first kappa shape index (κ1) is 35.0. The summed E-state index contributed by atoms with van der Waals surface area (Å²) < 4.78 is 1.66. The number of nitro groups is 1. The van der Waals surface area contributed by atoms with Crippen molar-refractivity contribution in [2.45, 2.75) is 56.8 Å². The van der Waals surface area contributed by atoms with Gasteiger partial charge >= 0.3 is 0 Å². The van der Waals surface area contributed by atoms with Gasteiger partial charge in [-0.1, -0.05) is 54.6 Å². The van der Waals surface area contributed by atoms with Gasteiger partial charge in [0.25, 0.3) is 17.5 Å². The fraction of sp³-hybridized carbons (Fsp3) is 0.368. The highest BCUT2D eigenvalue weighted by molar-refractivity contribution is 6.08. The zero-order valence-electron chi connectivity index (χ0n) is 29.0. The van der Waals surface area contributed by atoms with E-state index in [1.807, 2.05) is 60.7 Å². The van der Waals surface area contributed by atoms with E-state index in [2.05, 4.69) is 20.5 Å². The quantitative estimate of drug-likeness (QED) is 0.112. The molecule has 1 aromatic heterocycles. The number of non-ortho nitro benzene ring substituents is 1. The van der Waals surface area contributed by atoms with Crippen LogP contribution in [0.3, 0.4) is 0 Å². The molecule has 0 radical (unpaired) electrons. The highest BCUT2D eigenvalue weighted by atomic mass is 16.6. The number of para-hydroxylation sites is 1. The van der Waals surface area contributed by atoms with Gasteiger partial charge in [-0.25, -0.2) is 0 Å². The molecule has 7 rings (SSSR count). The molecule has 1 spiro atoms. The van der Waals surface area contributed by atoms with Crippen LogP contribution < -0.4 is 20.0 Å². The lowest BCUT2D eigenvalue weighted by Crippen LogP contribution is -2.55. The average molecular weight is 707 g/mol. The summed E-state index contributed by atoms with van der Waals surface area (Å²) in [5.41, 5.74) is 0.725. The Kier molecular flexibility index (Phi) is 9.62. The normalized spacial score (nSPS) is 20.3. The molecule has 270 valence electrons. The van der Waals surface area contributed by atoms with Crippen LogP contribution in [-0.2, 0) is 34.7 Å². The number of aryl methyl sites for hydroxylation is 1. The van der Waals surface area contributed by atoms with Crippen molar-refractivity contribution in [2.75, 3.05) is 41.1 Å². The summed E-state index contributed by atoms with van der Waals surface area (Å²) in [6.07, 6.45) is 7.64. The monoisotopic (exact) mass is 706 g/mol. The summed E-state index contributed by atoms with van der Waals surface area (Å²) >= 11 is 0. The van der Waals surface area contributed by atoms with E-state index in [4.69, 9.17) is 5.11 Å². The van der Waals surface area contributed by atoms with Gasteiger partial charge in [0.05, 0.1) is 29.5 Å². The molecule has 0 aliphatic carbocycles. The number of nitro benzene ring substituents is 1. The number of nitrogens with zero attached hydrogens (tertiary/aromatic N) is 7. The van der Waals surface area contributed by atoms with Gasteiger partial charge in [0.2, 0.25) is 0 Å². The maximum atomic E-state index is 14.3. The van der Waals surface area contributed by atoms with Crippen LogP contribution in [0.5, 0.6) is 0 Å². The molecule has 0 saturated carbocycles. The molecular formula is C38H42N8O6. The minimum absolute atomic E-state index is 0.0187. The Morgan fingerprint density at radius 3 is 2.54 bits per heavy atom. The molecular weight excluding hydrogens is 664 g/mol. The number of piperidine rings is 1. The fourth-order valence-electron chi connectivity index (χ4n) is 7.70. The van der Waals surface area contributed by atoms with Crippen molar-refractivity contribution in [1.82, 2.24) is 20.3 Å². The van der Waals surface area contributed by atoms with E-state index in [0.29, 0.717) is 56.0 Å². The standard InChI is InChI=1S/C38H42N8O6/c1-27(8-5-6-20-42-25-29(15-21-47)40-41-42)38(50)33-23-32(46(51)52)13-14-34(33)43(36(38)49)24-28-9-7-12-31(22-28)44-26-45(30-10-3-2-4-11-30)37(35(44)48)16-18-39-19-17-37/h2-5,7-14,22-23,25,27,39,47,50H,6,15-21,24,26H2,1H3/b8-5+/t27-,38+/m1/s1. The van der Waals surface area contributed by atoms with Crippen molar-refractivity contribution in [3.05, 3.63) is 118 Å². The average Bonchev–Trinajstić information content (AvgIpc) is 3.79. The second-order valence-electron chi connectivity index (χ2n) is 13.7. The van der Waals surface area contributed by atoms with Crippen LogP contribution in [0, 0.1) is 16.0 Å². The van der Waals surface area contributed by atoms with Crippen LogP contribution in [0.15, 0.2) is 91.1 Å². The number of hydrogen-bond donors (Lipinski definition) is 3. The lowest BCUT2D eigenvalue weighted by molar-refractivity contribution is -0.385. The van der Waals surface area contributed by atoms with E-state index in [-0.39, 0.29) is 30.3 Å². The molecule has 2 amide bonds. The van der Waals surface area contributed by atoms with Crippen LogP contribution >= 0.6 is 0 Å². The Hall–Kier alpha value is -5.44. The minimum atomic E-state index is -2.06. The maximum Gasteiger partial charge on any atom is 0.269 e. The van der Waals surface area contributed by atoms with Gasteiger partial charge in [-0.15, -0.1) is 5.10 Å². The second kappa shape index (κ2) is 14.3. The van der Waals surface area contributed by atoms with Crippen molar-refractivity contribution in [1.29, 1.82) is 0 Å². The van der Waals surface area contributed by atoms with Crippen LogP contribution in [0.25, 0.3) is 0 Å². The van der Waals surface area contributed by atoms with Gasteiger partial charge < -0.3 is 25.3 Å². The third kappa shape index (κ3) is 6.22. The highest BCUT2D eigenvalue weighted by Crippen LogP contribution is 2.47. The van der Waals surface area contributed by atoms with Gasteiger partial charge in [0.15, 0.2) is 5.60 Å². The fourth-order valence-corrected chi connectivity index (χ4v) is 7.70. The van der Waals surface area contributed by atoms with Crippen LogP contribution in [0.4, 0.5) is 22.7 Å². The molecule has 0 unspecified atom stereocenters. The third-order valence-electron chi connectivity index (χ3n) is 10.5. The number of anilines is 3. The third-order valence-corrected chi connectivity index (χ3v) is 10.5. The lowest BCUT2D eigenvalue weighted by atomic mass is 9.82. The molecule has 3 aliphatic heterocycles. The predicted octanol–water partition coefficient (Wildman–Crippen LogP) is 3.67. The SMILES string of the molecule is C[C@H](/C=C/CCn1cc(CCO)nn1)[C@@]1(O)C(=O)N(Cc2cccc(N3CN(c4ccccc4)C4(CCNCC4)C3=O)c2)c2ccc([N+](=O)[O-])cc21. The Balaban J connectivity index is 1.14. The topological polar surface area (TPSA) is 170 Å². The molecule has 4 aromatic rings. The van der Waals surface area contributed by atoms with E-state index in [9.17, 15) is 24.8 Å². The van der Waals surface area contributed by atoms with Crippen molar-refractivity contribution < 1.29 is 24.7 Å². The van der Waals surface area contributed by atoms with Crippen LogP contribution in [0.1, 0.15) is 43.0 Å². The number of benzene rings is 3. The summed E-state index contributed by atoms with van der Waals surface area (Å²) in [4.78, 5) is 45.3. The number of rotatable bonds is 12. The van der Waals surface area contributed by atoms with E-state index < -0.39 is 27.9 Å². The lowest BCUT2D eigenvalue weighted by Gasteiger charge is -2.39. The van der Waals surface area contributed by atoms with Gasteiger partial charge in [-0.2, -0.15) is 0 Å². The Morgan fingerprint density at radius 2 is 1.79 bits per heavy atom. The van der Waals surface area contributed by atoms with E-state index in [1.165, 1.54) is 23.1 Å². The largest absolute Gasteiger partial charge is 0.396 e. The first-order valence-corrected chi connectivity index (χ1v) is 17.6. The van der Waals surface area contributed by atoms with Gasteiger partial charge in [-0.3, -0.25) is 29.3 Å². The Bertz CT molecular complexity index is 1990. The number of carbonyl (C=O) groups excluding carboxylic acids is 2. The number of amides is 2. The Morgan fingerprint density at radius 1 is 1.02 bits per heavy atom. The molecule has 2 fully saturated rings. The van der Waals surface area contributed by atoms with E-state index in [1.54, 1.807) is 28.8 Å². The minimum Gasteiger partial charge on any atom is -0.396 e. The second-order valence-corrected chi connectivity index (χ2v) is 13.7. The first-order valence-electron chi connectivity index (χ1n) is 17.6. The van der Waals surface area contributed by atoms with Crippen molar-refractivity contribution in [3.8, 4) is 0 Å². The number of fused-ring (bicyclic) bond motifs is 1. The highest BCUT2D eigenvalue weighted by Gasteiger charge is 2.54.